The maximum Gasteiger partial charge on any atom is 0.322 e. The molecule has 2 saturated heterocycles. The van der Waals surface area contributed by atoms with Crippen LogP contribution in [-0.2, 0) is 9.53 Å². The summed E-state index contributed by atoms with van der Waals surface area (Å²) in [5, 5.41) is 3.48. The lowest BCUT2D eigenvalue weighted by molar-refractivity contribution is -0.143. The highest BCUT2D eigenvalue weighted by atomic mass is 35.5. The molecule has 2 aliphatic rings. The summed E-state index contributed by atoms with van der Waals surface area (Å²) in [6, 6.07) is 4.45. The Bertz CT molecular complexity index is 625. The maximum absolute atomic E-state index is 12.3. The van der Waals surface area contributed by atoms with Crippen LogP contribution in [0, 0.1) is 0 Å². The summed E-state index contributed by atoms with van der Waals surface area (Å²) in [5.74, 6) is -0.107. The molecular formula is C14H15Cl2N3O3. The van der Waals surface area contributed by atoms with Crippen molar-refractivity contribution in [2.24, 2.45) is 0 Å². The van der Waals surface area contributed by atoms with E-state index >= 15 is 0 Å². The molecule has 2 unspecified atom stereocenters. The average Bonchev–Trinajstić information content (AvgIpc) is 2.84. The largest absolute Gasteiger partial charge is 0.352 e. The first-order valence-corrected chi connectivity index (χ1v) is 7.65. The number of hydrogen-bond donors (Lipinski definition) is 1. The molecule has 2 atom stereocenters. The van der Waals surface area contributed by atoms with Gasteiger partial charge in [-0.15, -0.1) is 0 Å². The minimum Gasteiger partial charge on any atom is -0.352 e. The van der Waals surface area contributed by atoms with Crippen molar-refractivity contribution in [1.82, 2.24) is 9.80 Å². The van der Waals surface area contributed by atoms with Crippen molar-refractivity contribution < 1.29 is 14.3 Å². The molecule has 0 bridgehead atoms. The first-order chi connectivity index (χ1) is 10.4. The summed E-state index contributed by atoms with van der Waals surface area (Å²) in [5.41, 5.74) is 0.523. The molecule has 22 heavy (non-hydrogen) atoms. The van der Waals surface area contributed by atoms with Crippen LogP contribution in [0.4, 0.5) is 10.5 Å². The van der Waals surface area contributed by atoms with E-state index in [0.717, 1.165) is 0 Å². The molecule has 3 rings (SSSR count). The summed E-state index contributed by atoms with van der Waals surface area (Å²) in [6.45, 7) is 2.88. The summed E-state index contributed by atoms with van der Waals surface area (Å²) in [7, 11) is 0. The van der Waals surface area contributed by atoms with E-state index in [1.807, 2.05) is 6.92 Å². The molecule has 0 saturated carbocycles. The van der Waals surface area contributed by atoms with Crippen molar-refractivity contribution in [3.05, 3.63) is 28.2 Å². The SMILES string of the molecule is CC1CN2C(=O)CN(C(=O)Nc3ccc(Cl)c(Cl)c3)CC2O1. The smallest absolute Gasteiger partial charge is 0.322 e. The molecule has 6 nitrogen and oxygen atoms in total. The maximum atomic E-state index is 12.3. The number of carbonyl (C=O) groups is 2. The molecule has 1 N–H and O–H groups in total. The third kappa shape index (κ3) is 2.99. The number of piperazine rings is 1. The number of urea groups is 1. The van der Waals surface area contributed by atoms with E-state index < -0.39 is 0 Å². The number of fused-ring (bicyclic) bond motifs is 1. The minimum atomic E-state index is -0.366. The van der Waals surface area contributed by atoms with E-state index in [9.17, 15) is 9.59 Å². The van der Waals surface area contributed by atoms with Gasteiger partial charge in [-0.25, -0.2) is 4.79 Å². The fraction of sp³-hybridized carbons (Fsp3) is 0.429. The Morgan fingerprint density at radius 1 is 1.32 bits per heavy atom. The molecule has 118 valence electrons. The molecular weight excluding hydrogens is 329 g/mol. The second-order valence-electron chi connectivity index (χ2n) is 5.39. The second kappa shape index (κ2) is 5.95. The molecule has 0 aromatic heterocycles. The second-order valence-corrected chi connectivity index (χ2v) is 6.20. The van der Waals surface area contributed by atoms with Gasteiger partial charge in [0.25, 0.3) is 0 Å². The molecule has 2 fully saturated rings. The Hall–Kier alpha value is -1.50. The van der Waals surface area contributed by atoms with Gasteiger partial charge < -0.3 is 19.9 Å². The van der Waals surface area contributed by atoms with Crippen LogP contribution < -0.4 is 5.32 Å². The fourth-order valence-corrected chi connectivity index (χ4v) is 2.92. The molecule has 0 radical (unpaired) electrons. The predicted octanol–water partition coefficient (Wildman–Crippen LogP) is 2.41. The van der Waals surface area contributed by atoms with Crippen LogP contribution in [0.3, 0.4) is 0 Å². The average molecular weight is 344 g/mol. The molecule has 0 aliphatic carbocycles. The molecule has 1 aromatic carbocycles. The van der Waals surface area contributed by atoms with Crippen molar-refractivity contribution in [2.45, 2.75) is 19.3 Å². The zero-order chi connectivity index (χ0) is 15.9. The lowest BCUT2D eigenvalue weighted by Gasteiger charge is -2.35. The van der Waals surface area contributed by atoms with E-state index in [-0.39, 0.29) is 30.8 Å². The normalized spacial score (nSPS) is 24.4. The highest BCUT2D eigenvalue weighted by Gasteiger charge is 2.40. The topological polar surface area (TPSA) is 61.9 Å². The molecule has 0 spiro atoms. The molecule has 2 aliphatic heterocycles. The number of halogens is 2. The van der Waals surface area contributed by atoms with E-state index in [2.05, 4.69) is 5.32 Å². The Morgan fingerprint density at radius 3 is 2.82 bits per heavy atom. The van der Waals surface area contributed by atoms with Gasteiger partial charge in [-0.1, -0.05) is 23.2 Å². The van der Waals surface area contributed by atoms with Crippen LogP contribution in [0.2, 0.25) is 10.0 Å². The van der Waals surface area contributed by atoms with E-state index in [1.54, 1.807) is 23.1 Å². The van der Waals surface area contributed by atoms with Crippen molar-refractivity contribution in [3.63, 3.8) is 0 Å². The Labute approximate surface area is 137 Å². The quantitative estimate of drug-likeness (QED) is 0.851. The van der Waals surface area contributed by atoms with Crippen LogP contribution in [0.5, 0.6) is 0 Å². The number of rotatable bonds is 1. The molecule has 2 heterocycles. The van der Waals surface area contributed by atoms with E-state index in [0.29, 0.717) is 28.8 Å². The van der Waals surface area contributed by atoms with E-state index in [4.69, 9.17) is 27.9 Å². The van der Waals surface area contributed by atoms with Crippen LogP contribution in [0.15, 0.2) is 18.2 Å². The monoisotopic (exact) mass is 343 g/mol. The van der Waals surface area contributed by atoms with Crippen LogP contribution >= 0.6 is 23.2 Å². The number of hydrogen-bond acceptors (Lipinski definition) is 3. The first-order valence-electron chi connectivity index (χ1n) is 6.90. The Morgan fingerprint density at radius 2 is 2.09 bits per heavy atom. The zero-order valence-electron chi connectivity index (χ0n) is 11.9. The Balaban J connectivity index is 1.67. The number of amides is 3. The first kappa shape index (κ1) is 15.4. The number of benzene rings is 1. The Kier molecular flexibility index (Phi) is 4.16. The van der Waals surface area contributed by atoms with Crippen molar-refractivity contribution >= 4 is 40.8 Å². The fourth-order valence-electron chi connectivity index (χ4n) is 2.62. The van der Waals surface area contributed by atoms with Gasteiger partial charge in [0.2, 0.25) is 5.91 Å². The van der Waals surface area contributed by atoms with Gasteiger partial charge in [-0.2, -0.15) is 0 Å². The van der Waals surface area contributed by atoms with Crippen molar-refractivity contribution in [3.8, 4) is 0 Å². The number of ether oxygens (including phenoxy) is 1. The summed E-state index contributed by atoms with van der Waals surface area (Å²) >= 11 is 11.8. The van der Waals surface area contributed by atoms with Gasteiger partial charge in [0.15, 0.2) is 6.23 Å². The van der Waals surface area contributed by atoms with Crippen molar-refractivity contribution in [1.29, 1.82) is 0 Å². The van der Waals surface area contributed by atoms with Crippen LogP contribution in [0.1, 0.15) is 6.92 Å². The number of nitrogens with zero attached hydrogens (tertiary/aromatic N) is 2. The van der Waals surface area contributed by atoms with Gasteiger partial charge in [0, 0.05) is 12.2 Å². The van der Waals surface area contributed by atoms with Gasteiger partial charge in [-0.3, -0.25) is 4.79 Å². The zero-order valence-corrected chi connectivity index (χ0v) is 13.4. The summed E-state index contributed by atoms with van der Waals surface area (Å²) < 4.78 is 5.65. The number of nitrogens with one attached hydrogen (secondary N) is 1. The standard InChI is InChI=1S/C14H15Cl2N3O3/c1-8-5-19-12(20)6-18(7-13(19)22-8)14(21)17-9-2-3-10(15)11(16)4-9/h2-4,8,13H,5-7H2,1H3,(H,17,21). The third-order valence-corrected chi connectivity index (χ3v) is 4.41. The number of carbonyl (C=O) groups excluding carboxylic acids is 2. The van der Waals surface area contributed by atoms with Crippen LogP contribution in [-0.4, -0.2) is 53.7 Å². The van der Waals surface area contributed by atoms with Gasteiger partial charge >= 0.3 is 6.03 Å². The highest BCUT2D eigenvalue weighted by molar-refractivity contribution is 6.42. The lowest BCUT2D eigenvalue weighted by atomic mass is 10.3. The summed E-state index contributed by atoms with van der Waals surface area (Å²) in [4.78, 5) is 27.5. The van der Waals surface area contributed by atoms with Gasteiger partial charge in [0.05, 0.1) is 22.7 Å². The van der Waals surface area contributed by atoms with Gasteiger partial charge in [-0.05, 0) is 25.1 Å². The molecule has 8 heteroatoms. The predicted molar refractivity (Wildman–Crippen MR) is 83.1 cm³/mol. The summed E-state index contributed by atoms with van der Waals surface area (Å²) in [6.07, 6.45) is -0.372. The highest BCUT2D eigenvalue weighted by Crippen LogP contribution is 2.26. The lowest BCUT2D eigenvalue weighted by Crippen LogP contribution is -2.56. The molecule has 3 amide bonds. The third-order valence-electron chi connectivity index (χ3n) is 3.67. The van der Waals surface area contributed by atoms with Crippen molar-refractivity contribution in [2.75, 3.05) is 25.0 Å². The van der Waals surface area contributed by atoms with E-state index in [1.165, 1.54) is 4.90 Å². The van der Waals surface area contributed by atoms with Crippen LogP contribution in [0.25, 0.3) is 0 Å². The minimum absolute atomic E-state index is 0.00738. The number of anilines is 1. The van der Waals surface area contributed by atoms with Gasteiger partial charge in [0.1, 0.15) is 6.54 Å². The molecule has 1 aromatic rings.